The lowest BCUT2D eigenvalue weighted by Crippen LogP contribution is -2.45. The van der Waals surface area contributed by atoms with Crippen molar-refractivity contribution < 1.29 is 4.79 Å². The van der Waals surface area contributed by atoms with E-state index >= 15 is 0 Å². The molecule has 4 unspecified atom stereocenters. The smallest absolute Gasteiger partial charge is 0.234 e. The number of carbonyl (C=O) groups excluding carboxylic acids is 1. The quantitative estimate of drug-likeness (QED) is 0.770. The molecule has 2 fully saturated rings. The maximum atomic E-state index is 12.5. The summed E-state index contributed by atoms with van der Waals surface area (Å²) in [6, 6.07) is 10.6. The van der Waals surface area contributed by atoms with Crippen molar-refractivity contribution in [2.45, 2.75) is 45.2 Å². The number of carbonyl (C=O) groups is 1. The third-order valence-corrected chi connectivity index (χ3v) is 5.89. The van der Waals surface area contributed by atoms with Gasteiger partial charge in [0.2, 0.25) is 5.91 Å². The molecule has 24 heavy (non-hydrogen) atoms. The second-order valence-corrected chi connectivity index (χ2v) is 7.68. The molecule has 0 aromatic heterocycles. The minimum absolute atomic E-state index is 0.134. The largest absolute Gasteiger partial charge is 0.352 e. The zero-order valence-corrected chi connectivity index (χ0v) is 14.8. The van der Waals surface area contributed by atoms with Gasteiger partial charge in [-0.1, -0.05) is 36.8 Å². The monoisotopic (exact) mass is 329 g/mol. The normalized spacial score (nSPS) is 26.7. The molecule has 0 heterocycles. The molecular weight excluding hydrogens is 298 g/mol. The van der Waals surface area contributed by atoms with Crippen LogP contribution in [0, 0.1) is 17.8 Å². The average Bonchev–Trinajstić information content (AvgIpc) is 3.19. The second kappa shape index (κ2) is 8.13. The van der Waals surface area contributed by atoms with Gasteiger partial charge in [0.1, 0.15) is 0 Å². The first-order chi connectivity index (χ1) is 11.7. The molecule has 0 spiro atoms. The lowest BCUT2D eigenvalue weighted by Gasteiger charge is -2.29. The zero-order valence-electron chi connectivity index (χ0n) is 14.8. The summed E-state index contributed by atoms with van der Waals surface area (Å²) in [7, 11) is 0. The Morgan fingerprint density at radius 1 is 1.29 bits per heavy atom. The molecule has 132 valence electrons. The average molecular weight is 329 g/mol. The fourth-order valence-corrected chi connectivity index (χ4v) is 4.75. The number of hydrogen-bond donors (Lipinski definition) is 2. The Labute approximate surface area is 145 Å². The van der Waals surface area contributed by atoms with E-state index in [1.807, 2.05) is 18.2 Å². The minimum Gasteiger partial charge on any atom is -0.352 e. The van der Waals surface area contributed by atoms with Gasteiger partial charge in [0.25, 0.3) is 0 Å². The molecule has 1 aromatic rings. The molecule has 0 aliphatic heterocycles. The van der Waals surface area contributed by atoms with E-state index in [0.29, 0.717) is 25.0 Å². The van der Waals surface area contributed by atoms with Crippen LogP contribution in [0.4, 0.5) is 0 Å². The van der Waals surface area contributed by atoms with Crippen molar-refractivity contribution in [3.05, 3.63) is 35.9 Å². The Balaban J connectivity index is 1.49. The summed E-state index contributed by atoms with van der Waals surface area (Å²) in [4.78, 5) is 14.6. The van der Waals surface area contributed by atoms with Crippen molar-refractivity contribution >= 4 is 5.91 Å². The molecule has 4 atom stereocenters. The molecule has 2 aliphatic rings. The molecule has 3 rings (SSSR count). The Morgan fingerprint density at radius 3 is 2.71 bits per heavy atom. The van der Waals surface area contributed by atoms with E-state index in [0.717, 1.165) is 24.9 Å². The van der Waals surface area contributed by atoms with E-state index in [1.54, 1.807) is 0 Å². The van der Waals surface area contributed by atoms with Gasteiger partial charge in [-0.25, -0.2) is 0 Å². The fraction of sp³-hybridized carbons (Fsp3) is 0.650. The predicted molar refractivity (Wildman–Crippen MR) is 97.3 cm³/mol. The predicted octanol–water partition coefficient (Wildman–Crippen LogP) is 2.39. The van der Waals surface area contributed by atoms with Crippen molar-refractivity contribution in [1.82, 2.24) is 10.2 Å². The van der Waals surface area contributed by atoms with Gasteiger partial charge in [-0.2, -0.15) is 0 Å². The maximum absolute atomic E-state index is 12.5. The van der Waals surface area contributed by atoms with Gasteiger partial charge in [0.15, 0.2) is 0 Å². The van der Waals surface area contributed by atoms with Crippen LogP contribution >= 0.6 is 0 Å². The van der Waals surface area contributed by atoms with E-state index in [1.165, 1.54) is 31.2 Å². The van der Waals surface area contributed by atoms with E-state index in [4.69, 9.17) is 5.73 Å². The van der Waals surface area contributed by atoms with Crippen molar-refractivity contribution in [2.24, 2.45) is 23.5 Å². The molecule has 3 N–H and O–H groups in total. The number of rotatable bonds is 8. The molecule has 4 heteroatoms. The Morgan fingerprint density at radius 2 is 2.08 bits per heavy atom. The highest BCUT2D eigenvalue weighted by molar-refractivity contribution is 5.78. The number of nitrogens with zero attached hydrogens (tertiary/aromatic N) is 1. The van der Waals surface area contributed by atoms with Crippen LogP contribution in [0.3, 0.4) is 0 Å². The van der Waals surface area contributed by atoms with Gasteiger partial charge >= 0.3 is 0 Å². The number of amides is 1. The van der Waals surface area contributed by atoms with Crippen LogP contribution in [0.15, 0.2) is 30.3 Å². The lowest BCUT2D eigenvalue weighted by molar-refractivity contribution is -0.123. The van der Waals surface area contributed by atoms with Crippen LogP contribution in [0.1, 0.15) is 38.2 Å². The summed E-state index contributed by atoms with van der Waals surface area (Å²) < 4.78 is 0. The van der Waals surface area contributed by atoms with E-state index in [-0.39, 0.29) is 5.91 Å². The molecule has 2 aliphatic carbocycles. The molecule has 2 bridgehead atoms. The van der Waals surface area contributed by atoms with Crippen LogP contribution in [0.2, 0.25) is 0 Å². The Kier molecular flexibility index (Phi) is 5.90. The van der Waals surface area contributed by atoms with E-state index in [2.05, 4.69) is 29.3 Å². The SMILES string of the molecule is CC(NC(=O)CN(CCN)Cc1ccccc1)C1CC2CCC1C2. The summed E-state index contributed by atoms with van der Waals surface area (Å²) >= 11 is 0. The minimum atomic E-state index is 0.134. The third kappa shape index (κ3) is 4.37. The highest BCUT2D eigenvalue weighted by atomic mass is 16.2. The Bertz CT molecular complexity index is 533. The molecule has 0 saturated heterocycles. The van der Waals surface area contributed by atoms with Crippen LogP contribution in [0.5, 0.6) is 0 Å². The number of fused-ring (bicyclic) bond motifs is 2. The standard InChI is InChI=1S/C20H31N3O/c1-15(19-12-17-7-8-18(19)11-17)22-20(24)14-23(10-9-21)13-16-5-3-2-4-6-16/h2-6,15,17-19H,7-14,21H2,1H3,(H,22,24). The van der Waals surface area contributed by atoms with Gasteiger partial charge < -0.3 is 11.1 Å². The number of nitrogens with one attached hydrogen (secondary N) is 1. The topological polar surface area (TPSA) is 58.4 Å². The summed E-state index contributed by atoms with van der Waals surface area (Å²) in [6.07, 6.45) is 5.47. The first-order valence-electron chi connectivity index (χ1n) is 9.41. The zero-order chi connectivity index (χ0) is 16.9. The van der Waals surface area contributed by atoms with Crippen LogP contribution < -0.4 is 11.1 Å². The highest BCUT2D eigenvalue weighted by Gasteiger charge is 2.42. The first kappa shape index (κ1) is 17.4. The van der Waals surface area contributed by atoms with Gasteiger partial charge in [0.05, 0.1) is 6.54 Å². The van der Waals surface area contributed by atoms with Crippen molar-refractivity contribution in [2.75, 3.05) is 19.6 Å². The summed E-state index contributed by atoms with van der Waals surface area (Å²) in [6.45, 7) is 4.70. The highest BCUT2D eigenvalue weighted by Crippen LogP contribution is 2.49. The van der Waals surface area contributed by atoms with Crippen LogP contribution in [-0.2, 0) is 11.3 Å². The number of benzene rings is 1. The second-order valence-electron chi connectivity index (χ2n) is 7.68. The third-order valence-electron chi connectivity index (χ3n) is 5.89. The number of nitrogens with two attached hydrogens (primary N) is 1. The van der Waals surface area contributed by atoms with Crippen LogP contribution in [0.25, 0.3) is 0 Å². The lowest BCUT2D eigenvalue weighted by atomic mass is 9.84. The van der Waals surface area contributed by atoms with Crippen molar-refractivity contribution in [3.8, 4) is 0 Å². The van der Waals surface area contributed by atoms with Gasteiger partial charge in [-0.3, -0.25) is 9.69 Å². The molecule has 2 saturated carbocycles. The molecule has 1 aromatic carbocycles. The van der Waals surface area contributed by atoms with Gasteiger partial charge in [-0.15, -0.1) is 0 Å². The first-order valence-corrected chi connectivity index (χ1v) is 9.41. The summed E-state index contributed by atoms with van der Waals surface area (Å²) in [5.41, 5.74) is 6.95. The van der Waals surface area contributed by atoms with Gasteiger partial charge in [0, 0.05) is 25.7 Å². The number of hydrogen-bond acceptors (Lipinski definition) is 3. The molecule has 4 nitrogen and oxygen atoms in total. The fourth-order valence-electron chi connectivity index (χ4n) is 4.75. The molecule has 0 radical (unpaired) electrons. The van der Waals surface area contributed by atoms with Crippen LogP contribution in [-0.4, -0.2) is 36.5 Å². The van der Waals surface area contributed by atoms with Crippen molar-refractivity contribution in [3.63, 3.8) is 0 Å². The molecule has 1 amide bonds. The molecular formula is C20H31N3O. The van der Waals surface area contributed by atoms with Crippen molar-refractivity contribution in [1.29, 1.82) is 0 Å². The maximum Gasteiger partial charge on any atom is 0.234 e. The Hall–Kier alpha value is -1.39. The van der Waals surface area contributed by atoms with E-state index < -0.39 is 0 Å². The van der Waals surface area contributed by atoms with E-state index in [9.17, 15) is 4.79 Å². The van der Waals surface area contributed by atoms with Gasteiger partial charge in [-0.05, 0) is 49.5 Å². The summed E-state index contributed by atoms with van der Waals surface area (Å²) in [5, 5.41) is 3.26. The summed E-state index contributed by atoms with van der Waals surface area (Å²) in [5.74, 6) is 2.58.